The van der Waals surface area contributed by atoms with Crippen LogP contribution in [0.25, 0.3) is 0 Å². The molecule has 1 N–H and O–H groups in total. The summed E-state index contributed by atoms with van der Waals surface area (Å²) in [4.78, 5) is 15.3. The number of hydrogen-bond acceptors (Lipinski definition) is 3. The predicted octanol–water partition coefficient (Wildman–Crippen LogP) is 4.32. The molecule has 2 aliphatic rings. The fourth-order valence-corrected chi connectivity index (χ4v) is 4.94. The Morgan fingerprint density at radius 3 is 2.57 bits per heavy atom. The third-order valence-corrected chi connectivity index (χ3v) is 6.29. The number of nitrogens with zero attached hydrogens (tertiary/aromatic N) is 1. The van der Waals surface area contributed by atoms with Crippen LogP contribution in [0, 0.1) is 6.92 Å². The number of hydrogen-bond donors (Lipinski definition) is 1. The Balaban J connectivity index is 1.44. The first-order valence-electron chi connectivity index (χ1n) is 10.4. The summed E-state index contributed by atoms with van der Waals surface area (Å²) in [6.45, 7) is 2.95. The number of amides is 1. The number of benzene rings is 2. The lowest BCUT2D eigenvalue weighted by molar-refractivity contribution is 0.0172. The van der Waals surface area contributed by atoms with Crippen LogP contribution < -0.4 is 10.1 Å². The summed E-state index contributed by atoms with van der Waals surface area (Å²) in [6, 6.07) is 17.5. The van der Waals surface area contributed by atoms with Crippen LogP contribution in [0.2, 0.25) is 0 Å². The fraction of sp³-hybridized carbons (Fsp3) is 0.458. The first-order valence-corrected chi connectivity index (χ1v) is 10.4. The second-order valence-electron chi connectivity index (χ2n) is 8.23. The van der Waals surface area contributed by atoms with Crippen molar-refractivity contribution in [1.82, 2.24) is 10.2 Å². The molecule has 28 heavy (non-hydrogen) atoms. The monoisotopic (exact) mass is 378 g/mol. The number of rotatable bonds is 5. The molecule has 4 rings (SSSR count). The number of piperidine rings is 2. The lowest BCUT2D eigenvalue weighted by Crippen LogP contribution is -2.56. The molecule has 2 bridgehead atoms. The Kier molecular flexibility index (Phi) is 5.67. The van der Waals surface area contributed by atoms with Crippen molar-refractivity contribution >= 4 is 5.91 Å². The third kappa shape index (κ3) is 4.07. The molecular weight excluding hydrogens is 348 g/mol. The molecule has 4 nitrogen and oxygen atoms in total. The Hall–Kier alpha value is -2.33. The molecule has 148 valence electrons. The van der Waals surface area contributed by atoms with Gasteiger partial charge in [0.05, 0.1) is 7.11 Å². The quantitative estimate of drug-likeness (QED) is 0.842. The molecular formula is C24H30N2O2. The maximum Gasteiger partial charge on any atom is 0.251 e. The van der Waals surface area contributed by atoms with Gasteiger partial charge in [-0.2, -0.15) is 0 Å². The van der Waals surface area contributed by atoms with E-state index in [2.05, 4.69) is 22.3 Å². The summed E-state index contributed by atoms with van der Waals surface area (Å²) in [6.07, 6.45) is 5.77. The Bertz CT molecular complexity index is 821. The third-order valence-electron chi connectivity index (χ3n) is 6.29. The fourth-order valence-electron chi connectivity index (χ4n) is 4.94. The highest BCUT2D eigenvalue weighted by atomic mass is 16.5. The molecule has 2 fully saturated rings. The number of carbonyl (C=O) groups is 1. The van der Waals surface area contributed by atoms with E-state index in [9.17, 15) is 4.79 Å². The first kappa shape index (κ1) is 19.0. The number of aryl methyl sites for hydroxylation is 1. The zero-order valence-electron chi connectivity index (χ0n) is 16.9. The summed E-state index contributed by atoms with van der Waals surface area (Å²) in [5.41, 5.74) is 3.14. The summed E-state index contributed by atoms with van der Waals surface area (Å²) in [5.74, 6) is 1.03. The summed E-state index contributed by atoms with van der Waals surface area (Å²) < 4.78 is 5.56. The van der Waals surface area contributed by atoms with Crippen molar-refractivity contribution in [3.63, 3.8) is 0 Å². The highest BCUT2D eigenvalue weighted by Crippen LogP contribution is 2.36. The molecule has 0 aromatic heterocycles. The highest BCUT2D eigenvalue weighted by molar-refractivity contribution is 5.94. The van der Waals surface area contributed by atoms with Gasteiger partial charge in [-0.25, -0.2) is 0 Å². The largest absolute Gasteiger partial charge is 0.496 e. The summed E-state index contributed by atoms with van der Waals surface area (Å²) >= 11 is 0. The van der Waals surface area contributed by atoms with Crippen LogP contribution in [-0.4, -0.2) is 36.0 Å². The molecule has 2 aromatic carbocycles. The normalized spacial score (nSPS) is 24.6. The molecule has 4 heteroatoms. The van der Waals surface area contributed by atoms with Crippen molar-refractivity contribution in [2.75, 3.05) is 7.11 Å². The molecule has 0 radical (unpaired) electrons. The van der Waals surface area contributed by atoms with Gasteiger partial charge in [-0.1, -0.05) is 42.3 Å². The van der Waals surface area contributed by atoms with Crippen LogP contribution in [0.3, 0.4) is 0 Å². The molecule has 2 heterocycles. The van der Waals surface area contributed by atoms with Gasteiger partial charge >= 0.3 is 0 Å². The van der Waals surface area contributed by atoms with Gasteiger partial charge in [0.25, 0.3) is 5.91 Å². The van der Waals surface area contributed by atoms with Gasteiger partial charge in [0, 0.05) is 35.8 Å². The van der Waals surface area contributed by atoms with Crippen molar-refractivity contribution in [1.29, 1.82) is 0 Å². The van der Waals surface area contributed by atoms with E-state index in [1.165, 1.54) is 24.8 Å². The Labute approximate surface area is 167 Å². The molecule has 1 amide bonds. The number of methoxy groups -OCH3 is 1. The lowest BCUT2D eigenvalue weighted by Gasteiger charge is -2.49. The van der Waals surface area contributed by atoms with Gasteiger partial charge in [-0.05, 0) is 50.8 Å². The average Bonchev–Trinajstić information content (AvgIpc) is 2.69. The van der Waals surface area contributed by atoms with E-state index in [1.54, 1.807) is 7.11 Å². The average molecular weight is 379 g/mol. The van der Waals surface area contributed by atoms with E-state index >= 15 is 0 Å². The van der Waals surface area contributed by atoms with E-state index in [-0.39, 0.29) is 11.9 Å². The minimum absolute atomic E-state index is 0.0601. The van der Waals surface area contributed by atoms with Crippen LogP contribution in [0.5, 0.6) is 5.75 Å². The first-order chi connectivity index (χ1) is 13.6. The second-order valence-corrected chi connectivity index (χ2v) is 8.23. The summed E-state index contributed by atoms with van der Waals surface area (Å²) in [7, 11) is 1.74. The smallest absolute Gasteiger partial charge is 0.251 e. The minimum atomic E-state index is 0.0601. The number of ether oxygens (including phenoxy) is 1. The van der Waals surface area contributed by atoms with E-state index in [0.29, 0.717) is 12.1 Å². The molecule has 2 saturated heterocycles. The van der Waals surface area contributed by atoms with Crippen LogP contribution in [-0.2, 0) is 6.54 Å². The Morgan fingerprint density at radius 2 is 1.86 bits per heavy atom. The number of nitrogens with one attached hydrogen (secondary N) is 1. The van der Waals surface area contributed by atoms with Crippen molar-refractivity contribution in [3.8, 4) is 5.75 Å². The topological polar surface area (TPSA) is 41.6 Å². The van der Waals surface area contributed by atoms with Gasteiger partial charge in [-0.15, -0.1) is 0 Å². The zero-order valence-corrected chi connectivity index (χ0v) is 16.9. The maximum absolute atomic E-state index is 12.7. The van der Waals surface area contributed by atoms with E-state index < -0.39 is 0 Å². The van der Waals surface area contributed by atoms with E-state index in [1.807, 2.05) is 43.3 Å². The van der Waals surface area contributed by atoms with Crippen LogP contribution in [0.4, 0.5) is 0 Å². The van der Waals surface area contributed by atoms with Crippen LogP contribution in [0.15, 0.2) is 48.5 Å². The summed E-state index contributed by atoms with van der Waals surface area (Å²) in [5, 5.41) is 3.31. The molecule has 2 atom stereocenters. The van der Waals surface area contributed by atoms with Crippen LogP contribution in [0.1, 0.15) is 53.6 Å². The van der Waals surface area contributed by atoms with Gasteiger partial charge in [0.15, 0.2) is 0 Å². The number of carbonyl (C=O) groups excluding carboxylic acids is 1. The molecule has 2 aromatic rings. The standard InChI is InChI=1S/C24H30N2O2/c1-17-7-5-9-18(13-17)24(27)25-20-14-21-10-6-11-22(15-20)26(21)16-19-8-3-4-12-23(19)28-2/h3-5,7-9,12-13,20-22H,6,10-11,14-16H2,1-2H3,(H,25,27)/t21-,22-/m0/s1. The molecule has 0 unspecified atom stereocenters. The van der Waals surface area contributed by atoms with E-state index in [4.69, 9.17) is 4.74 Å². The molecule has 0 saturated carbocycles. The highest BCUT2D eigenvalue weighted by Gasteiger charge is 2.38. The van der Waals surface area contributed by atoms with Gasteiger partial charge in [0.1, 0.15) is 5.75 Å². The molecule has 2 aliphatic heterocycles. The van der Waals surface area contributed by atoms with Crippen molar-refractivity contribution < 1.29 is 9.53 Å². The predicted molar refractivity (Wildman–Crippen MR) is 112 cm³/mol. The molecule has 0 spiro atoms. The lowest BCUT2D eigenvalue weighted by atomic mass is 9.81. The minimum Gasteiger partial charge on any atom is -0.496 e. The van der Waals surface area contributed by atoms with Gasteiger partial charge in [-0.3, -0.25) is 9.69 Å². The Morgan fingerprint density at radius 1 is 1.11 bits per heavy atom. The SMILES string of the molecule is COc1ccccc1CN1[C@H]2CCC[C@H]1CC(NC(=O)c1cccc(C)c1)C2. The van der Waals surface area contributed by atoms with Gasteiger partial charge < -0.3 is 10.1 Å². The van der Waals surface area contributed by atoms with Crippen molar-refractivity contribution in [2.45, 2.75) is 63.7 Å². The van der Waals surface area contributed by atoms with Crippen molar-refractivity contribution in [3.05, 3.63) is 65.2 Å². The maximum atomic E-state index is 12.7. The van der Waals surface area contributed by atoms with E-state index in [0.717, 1.165) is 36.3 Å². The second kappa shape index (κ2) is 8.36. The zero-order chi connectivity index (χ0) is 19.5. The number of fused-ring (bicyclic) bond motifs is 2. The van der Waals surface area contributed by atoms with Crippen molar-refractivity contribution in [2.24, 2.45) is 0 Å². The number of para-hydroxylation sites is 1. The molecule has 0 aliphatic carbocycles. The van der Waals surface area contributed by atoms with Gasteiger partial charge in [0.2, 0.25) is 0 Å². The van der Waals surface area contributed by atoms with Crippen LogP contribution >= 0.6 is 0 Å².